The van der Waals surface area contributed by atoms with Crippen LogP contribution in [0.15, 0.2) is 23.2 Å². The van der Waals surface area contributed by atoms with Crippen LogP contribution in [-0.4, -0.2) is 50.2 Å². The van der Waals surface area contributed by atoms with E-state index in [2.05, 4.69) is 34.4 Å². The van der Waals surface area contributed by atoms with Crippen LogP contribution in [0.4, 0.5) is 4.39 Å². The Morgan fingerprint density at radius 2 is 2.04 bits per heavy atom. The van der Waals surface area contributed by atoms with Gasteiger partial charge in [-0.25, -0.2) is 4.39 Å². The number of hydrogen-bond acceptors (Lipinski definition) is 3. The van der Waals surface area contributed by atoms with Gasteiger partial charge < -0.3 is 20.3 Å². The third kappa shape index (κ3) is 8.21. The standard InChI is InChI=1S/C20H33FN4O.HI/c1-5-26-19-7-6-16(12-18(19)21)13-23-20(22-4)24-17-8-10-25(11-9-17)14-15(2)3;/h6-7,12,15,17H,5,8-11,13-14H2,1-4H3,(H2,22,23,24);1H. The van der Waals surface area contributed by atoms with Gasteiger partial charge in [0.1, 0.15) is 0 Å². The van der Waals surface area contributed by atoms with E-state index in [0.29, 0.717) is 30.9 Å². The first-order chi connectivity index (χ1) is 12.5. The fourth-order valence-electron chi connectivity index (χ4n) is 3.28. The third-order valence-electron chi connectivity index (χ3n) is 4.53. The summed E-state index contributed by atoms with van der Waals surface area (Å²) < 4.78 is 19.2. The number of halogens is 2. The summed E-state index contributed by atoms with van der Waals surface area (Å²) in [6.07, 6.45) is 2.23. The van der Waals surface area contributed by atoms with Crippen molar-refractivity contribution in [3.63, 3.8) is 0 Å². The molecule has 0 atom stereocenters. The average Bonchev–Trinajstić information content (AvgIpc) is 2.62. The van der Waals surface area contributed by atoms with Crippen molar-refractivity contribution in [2.24, 2.45) is 10.9 Å². The van der Waals surface area contributed by atoms with Crippen LogP contribution in [0.2, 0.25) is 0 Å². The highest BCUT2D eigenvalue weighted by atomic mass is 127. The predicted octanol–water partition coefficient (Wildman–Crippen LogP) is 3.63. The summed E-state index contributed by atoms with van der Waals surface area (Å²) in [5, 5.41) is 6.76. The van der Waals surface area contributed by atoms with Gasteiger partial charge in [0.15, 0.2) is 17.5 Å². The first-order valence-electron chi connectivity index (χ1n) is 9.62. The quantitative estimate of drug-likeness (QED) is 0.347. The second-order valence-electron chi connectivity index (χ2n) is 7.24. The summed E-state index contributed by atoms with van der Waals surface area (Å²) in [6, 6.07) is 5.49. The van der Waals surface area contributed by atoms with Crippen LogP contribution in [0.25, 0.3) is 0 Å². The number of nitrogens with zero attached hydrogens (tertiary/aromatic N) is 2. The Kier molecular flexibility index (Phi) is 11.0. The lowest BCUT2D eigenvalue weighted by molar-refractivity contribution is 0.187. The molecule has 1 aliphatic heterocycles. The number of hydrogen-bond donors (Lipinski definition) is 2. The van der Waals surface area contributed by atoms with Gasteiger partial charge in [-0.05, 0) is 43.4 Å². The van der Waals surface area contributed by atoms with Gasteiger partial charge in [0.05, 0.1) is 6.61 Å². The fraction of sp³-hybridized carbons (Fsp3) is 0.650. The molecule has 2 rings (SSSR count). The van der Waals surface area contributed by atoms with Crippen molar-refractivity contribution in [3.05, 3.63) is 29.6 Å². The first kappa shape index (κ1) is 23.9. The molecular weight excluding hydrogens is 458 g/mol. The van der Waals surface area contributed by atoms with E-state index in [1.807, 2.05) is 13.0 Å². The molecule has 154 valence electrons. The second-order valence-corrected chi connectivity index (χ2v) is 7.24. The summed E-state index contributed by atoms with van der Waals surface area (Å²) >= 11 is 0. The van der Waals surface area contributed by atoms with Gasteiger partial charge in [-0.1, -0.05) is 19.9 Å². The molecule has 1 fully saturated rings. The molecule has 0 bridgehead atoms. The van der Waals surface area contributed by atoms with E-state index < -0.39 is 0 Å². The van der Waals surface area contributed by atoms with Crippen molar-refractivity contribution in [2.75, 3.05) is 33.3 Å². The van der Waals surface area contributed by atoms with Crippen molar-refractivity contribution in [1.82, 2.24) is 15.5 Å². The smallest absolute Gasteiger partial charge is 0.191 e. The monoisotopic (exact) mass is 492 g/mol. The normalized spacial score (nSPS) is 16.1. The molecular formula is C20H34FIN4O. The van der Waals surface area contributed by atoms with Crippen LogP contribution in [0, 0.1) is 11.7 Å². The van der Waals surface area contributed by atoms with E-state index in [1.54, 1.807) is 13.1 Å². The maximum absolute atomic E-state index is 13.9. The third-order valence-corrected chi connectivity index (χ3v) is 4.53. The fourth-order valence-corrected chi connectivity index (χ4v) is 3.28. The van der Waals surface area contributed by atoms with E-state index in [0.717, 1.165) is 37.5 Å². The molecule has 0 saturated carbocycles. The molecule has 0 amide bonds. The highest BCUT2D eigenvalue weighted by Crippen LogP contribution is 2.18. The molecule has 1 saturated heterocycles. The Bertz CT molecular complexity index is 589. The Hall–Kier alpha value is -1.09. The molecule has 2 N–H and O–H groups in total. The Labute approximate surface area is 180 Å². The molecule has 27 heavy (non-hydrogen) atoms. The molecule has 0 spiro atoms. The van der Waals surface area contributed by atoms with Crippen LogP contribution in [0.3, 0.4) is 0 Å². The zero-order valence-corrected chi connectivity index (χ0v) is 19.3. The van der Waals surface area contributed by atoms with Crippen molar-refractivity contribution in [1.29, 1.82) is 0 Å². The zero-order chi connectivity index (χ0) is 18.9. The first-order valence-corrected chi connectivity index (χ1v) is 9.62. The number of guanidine groups is 1. The van der Waals surface area contributed by atoms with Gasteiger partial charge >= 0.3 is 0 Å². The lowest BCUT2D eigenvalue weighted by Crippen LogP contribution is -2.48. The van der Waals surface area contributed by atoms with Crippen LogP contribution >= 0.6 is 24.0 Å². The zero-order valence-electron chi connectivity index (χ0n) is 16.9. The summed E-state index contributed by atoms with van der Waals surface area (Å²) in [6.45, 7) is 10.8. The number of aliphatic imine (C=N–C) groups is 1. The largest absolute Gasteiger partial charge is 0.491 e. The van der Waals surface area contributed by atoms with Crippen molar-refractivity contribution >= 4 is 29.9 Å². The van der Waals surface area contributed by atoms with Crippen LogP contribution < -0.4 is 15.4 Å². The maximum atomic E-state index is 13.9. The minimum Gasteiger partial charge on any atom is -0.491 e. The molecule has 0 unspecified atom stereocenters. The highest BCUT2D eigenvalue weighted by Gasteiger charge is 2.20. The molecule has 1 aliphatic rings. The van der Waals surface area contributed by atoms with Gasteiger partial charge in [0.25, 0.3) is 0 Å². The van der Waals surface area contributed by atoms with Crippen molar-refractivity contribution in [3.8, 4) is 5.75 Å². The second kappa shape index (κ2) is 12.4. The van der Waals surface area contributed by atoms with Crippen LogP contribution in [0.5, 0.6) is 5.75 Å². The van der Waals surface area contributed by atoms with Gasteiger partial charge in [0.2, 0.25) is 0 Å². The molecule has 0 radical (unpaired) electrons. The number of likely N-dealkylation sites (tertiary alicyclic amines) is 1. The molecule has 7 heteroatoms. The predicted molar refractivity (Wildman–Crippen MR) is 121 cm³/mol. The number of piperidine rings is 1. The molecule has 0 aliphatic carbocycles. The summed E-state index contributed by atoms with van der Waals surface area (Å²) in [4.78, 5) is 6.83. The number of rotatable bonds is 7. The number of nitrogens with one attached hydrogen (secondary N) is 2. The molecule has 5 nitrogen and oxygen atoms in total. The Balaban J connectivity index is 0.00000364. The van der Waals surface area contributed by atoms with E-state index in [9.17, 15) is 4.39 Å². The molecule has 1 aromatic rings. The van der Waals surface area contributed by atoms with Crippen molar-refractivity contribution in [2.45, 2.75) is 46.2 Å². The van der Waals surface area contributed by atoms with Gasteiger partial charge in [-0.15, -0.1) is 24.0 Å². The SMILES string of the molecule is CCOc1ccc(CNC(=NC)NC2CCN(CC(C)C)CC2)cc1F.I. The van der Waals surface area contributed by atoms with E-state index in [4.69, 9.17) is 4.74 Å². The van der Waals surface area contributed by atoms with Crippen molar-refractivity contribution < 1.29 is 9.13 Å². The molecule has 1 heterocycles. The molecule has 0 aromatic heterocycles. The summed E-state index contributed by atoms with van der Waals surface area (Å²) in [5.41, 5.74) is 0.862. The topological polar surface area (TPSA) is 48.9 Å². The number of benzene rings is 1. The van der Waals surface area contributed by atoms with E-state index in [1.165, 1.54) is 12.6 Å². The van der Waals surface area contributed by atoms with Gasteiger partial charge in [-0.2, -0.15) is 0 Å². The maximum Gasteiger partial charge on any atom is 0.191 e. The van der Waals surface area contributed by atoms with Gasteiger partial charge in [-0.3, -0.25) is 4.99 Å². The Morgan fingerprint density at radius 1 is 1.33 bits per heavy atom. The highest BCUT2D eigenvalue weighted by molar-refractivity contribution is 14.0. The summed E-state index contributed by atoms with van der Waals surface area (Å²) in [5.74, 6) is 1.45. The van der Waals surface area contributed by atoms with E-state index >= 15 is 0 Å². The minimum absolute atomic E-state index is 0. The lowest BCUT2D eigenvalue weighted by Gasteiger charge is -2.34. The summed E-state index contributed by atoms with van der Waals surface area (Å²) in [7, 11) is 1.77. The Morgan fingerprint density at radius 3 is 2.59 bits per heavy atom. The van der Waals surface area contributed by atoms with E-state index in [-0.39, 0.29) is 29.8 Å². The van der Waals surface area contributed by atoms with Crippen LogP contribution in [-0.2, 0) is 6.54 Å². The average molecular weight is 492 g/mol. The number of ether oxygens (including phenoxy) is 1. The van der Waals surface area contributed by atoms with Gasteiger partial charge in [0, 0.05) is 39.3 Å². The van der Waals surface area contributed by atoms with Crippen LogP contribution in [0.1, 0.15) is 39.2 Å². The lowest BCUT2D eigenvalue weighted by atomic mass is 10.0. The minimum atomic E-state index is -0.327. The molecule has 1 aromatic carbocycles.